The molecule has 7 nitrogen and oxygen atoms in total. The molecule has 0 rings (SSSR count). The van der Waals surface area contributed by atoms with Crippen molar-refractivity contribution in [3.8, 4) is 6.07 Å². The van der Waals surface area contributed by atoms with Crippen LogP contribution in [0.15, 0.2) is 48.6 Å². The van der Waals surface area contributed by atoms with Gasteiger partial charge in [0, 0.05) is 23.3 Å². The molecule has 1 N–H and O–H groups in total. The number of carbonyl (C=O) groups excluding carboxylic acids is 2. The summed E-state index contributed by atoms with van der Waals surface area (Å²) in [5.74, 6) is -1.97. The maximum Gasteiger partial charge on any atom is 0.333 e. The Morgan fingerprint density at radius 3 is 2.12 bits per heavy atom. The Hall–Kier alpha value is -3.14. The highest BCUT2D eigenvalue weighted by molar-refractivity contribution is 5.88. The van der Waals surface area contributed by atoms with Crippen molar-refractivity contribution in [2.24, 2.45) is 0 Å². The average molecular weight is 335 g/mol. The molecule has 0 saturated heterocycles. The van der Waals surface area contributed by atoms with Crippen molar-refractivity contribution in [1.29, 1.82) is 5.26 Å². The van der Waals surface area contributed by atoms with Crippen LogP contribution in [0, 0.1) is 11.3 Å². The van der Waals surface area contributed by atoms with Crippen LogP contribution >= 0.6 is 0 Å². The maximum absolute atomic E-state index is 10.9. The lowest BCUT2D eigenvalue weighted by Crippen LogP contribution is -2.05. The molecule has 0 radical (unpaired) electrons. The minimum Gasteiger partial charge on any atom is -0.478 e. The molecule has 0 unspecified atom stereocenters. The molecule has 7 heteroatoms. The number of methoxy groups -OCH3 is 1. The second-order valence-corrected chi connectivity index (χ2v) is 4.10. The Labute approximate surface area is 141 Å². The van der Waals surface area contributed by atoms with Gasteiger partial charge < -0.3 is 14.6 Å². The molecule has 0 spiro atoms. The van der Waals surface area contributed by atoms with Gasteiger partial charge >= 0.3 is 17.9 Å². The van der Waals surface area contributed by atoms with Crippen molar-refractivity contribution in [1.82, 2.24) is 0 Å². The largest absolute Gasteiger partial charge is 0.478 e. The molecule has 0 aromatic rings. The number of ether oxygens (including phenoxy) is 2. The summed E-state index contributed by atoms with van der Waals surface area (Å²) in [6.45, 7) is 8.99. The van der Waals surface area contributed by atoms with Gasteiger partial charge in [0.2, 0.25) is 0 Å². The fourth-order valence-electron chi connectivity index (χ4n) is 1.10. The fourth-order valence-corrected chi connectivity index (χ4v) is 1.10. The first-order valence-electron chi connectivity index (χ1n) is 6.85. The van der Waals surface area contributed by atoms with Gasteiger partial charge in [0.05, 0.1) is 19.8 Å². The molecule has 0 aliphatic carbocycles. The molecular formula is C17H21NO6. The number of rotatable bonds is 8. The van der Waals surface area contributed by atoms with Crippen molar-refractivity contribution < 1.29 is 29.0 Å². The summed E-state index contributed by atoms with van der Waals surface area (Å²) in [5.41, 5.74) is 0.596. The first-order valence-corrected chi connectivity index (χ1v) is 6.85. The predicted molar refractivity (Wildman–Crippen MR) is 87.7 cm³/mol. The number of hydrogen-bond donors (Lipinski definition) is 1. The van der Waals surface area contributed by atoms with Crippen molar-refractivity contribution in [3.05, 3.63) is 48.6 Å². The van der Waals surface area contributed by atoms with Gasteiger partial charge in [-0.05, 0) is 19.8 Å². The van der Waals surface area contributed by atoms with Crippen LogP contribution in [0.25, 0.3) is 0 Å². The molecule has 0 fully saturated rings. The highest BCUT2D eigenvalue weighted by Gasteiger charge is 2.04. The first kappa shape index (κ1) is 23.1. The molecular weight excluding hydrogens is 314 g/mol. The summed E-state index contributed by atoms with van der Waals surface area (Å²) in [4.78, 5) is 31.6. The quantitative estimate of drug-likeness (QED) is 0.411. The summed E-state index contributed by atoms with van der Waals surface area (Å²) in [6, 6.07) is 1.82. The number of carboxylic acids is 1. The van der Waals surface area contributed by atoms with Gasteiger partial charge in [-0.2, -0.15) is 5.26 Å². The molecule has 0 saturated carbocycles. The smallest absolute Gasteiger partial charge is 0.333 e. The van der Waals surface area contributed by atoms with Crippen LogP contribution in [0.3, 0.4) is 0 Å². The number of allylic oxidation sites excluding steroid dienone is 3. The van der Waals surface area contributed by atoms with E-state index in [2.05, 4.69) is 22.6 Å². The van der Waals surface area contributed by atoms with Gasteiger partial charge in [0.1, 0.15) is 0 Å². The van der Waals surface area contributed by atoms with E-state index >= 15 is 0 Å². The second kappa shape index (κ2) is 14.8. The number of esters is 2. The average Bonchev–Trinajstić information content (AvgIpc) is 2.54. The first-order chi connectivity index (χ1) is 11.3. The molecule has 0 bridgehead atoms. The van der Waals surface area contributed by atoms with E-state index in [0.29, 0.717) is 18.6 Å². The Kier molecular flexibility index (Phi) is 14.2. The van der Waals surface area contributed by atoms with Crippen LogP contribution < -0.4 is 0 Å². The number of hydrogen-bond acceptors (Lipinski definition) is 6. The van der Waals surface area contributed by atoms with E-state index in [-0.39, 0.29) is 12.0 Å². The molecule has 0 atom stereocenters. The molecule has 0 heterocycles. The normalized spacial score (nSPS) is 9.54. The fraction of sp³-hybridized carbons (Fsp3) is 0.294. The lowest BCUT2D eigenvalue weighted by atomic mass is 10.2. The summed E-state index contributed by atoms with van der Waals surface area (Å²) in [6.07, 6.45) is 5.73. The standard InChI is InChI=1S/C9H11NO2.C8H10O4/c1-3-12-9(11)8(2)6-4-5-7-10;1-6(8(11)12-2)4-3-5-7(9)10/h4-5H,2-3,6H2,1H3;3,5H,1,4H2,2H3,(H,9,10). The zero-order valence-electron chi connectivity index (χ0n) is 13.8. The molecule has 0 aromatic carbocycles. The number of nitriles is 1. The molecule has 0 aromatic heterocycles. The van der Waals surface area contributed by atoms with E-state index in [0.717, 1.165) is 6.08 Å². The van der Waals surface area contributed by atoms with Crippen LogP contribution in [0.1, 0.15) is 19.8 Å². The van der Waals surface area contributed by atoms with Crippen molar-refractivity contribution >= 4 is 17.9 Å². The third kappa shape index (κ3) is 13.8. The third-order valence-corrected chi connectivity index (χ3v) is 2.22. The molecule has 24 heavy (non-hydrogen) atoms. The van der Waals surface area contributed by atoms with E-state index in [1.807, 2.05) is 6.07 Å². The van der Waals surface area contributed by atoms with Crippen LogP contribution in [0.4, 0.5) is 0 Å². The highest BCUT2D eigenvalue weighted by Crippen LogP contribution is 2.01. The zero-order chi connectivity index (χ0) is 19.0. The summed E-state index contributed by atoms with van der Waals surface area (Å²) in [5, 5.41) is 16.3. The van der Waals surface area contributed by atoms with Gasteiger partial charge in [-0.3, -0.25) is 0 Å². The van der Waals surface area contributed by atoms with Gasteiger partial charge in [-0.15, -0.1) is 0 Å². The van der Waals surface area contributed by atoms with Gasteiger partial charge in [-0.25, -0.2) is 14.4 Å². The molecule has 0 aliphatic rings. The van der Waals surface area contributed by atoms with Crippen LogP contribution in [0.2, 0.25) is 0 Å². The SMILES string of the molecule is C=C(CC=CC#N)C(=O)OCC.C=C(CC=CC(=O)O)C(=O)OC. The number of aliphatic carboxylic acids is 1. The van der Waals surface area contributed by atoms with E-state index in [9.17, 15) is 14.4 Å². The van der Waals surface area contributed by atoms with Crippen molar-refractivity contribution in [2.45, 2.75) is 19.8 Å². The van der Waals surface area contributed by atoms with Crippen LogP contribution in [0.5, 0.6) is 0 Å². The summed E-state index contributed by atoms with van der Waals surface area (Å²) in [7, 11) is 1.24. The Balaban J connectivity index is 0. The Morgan fingerprint density at radius 1 is 1.12 bits per heavy atom. The van der Waals surface area contributed by atoms with E-state index in [1.54, 1.807) is 13.0 Å². The van der Waals surface area contributed by atoms with Gasteiger partial charge in [0.15, 0.2) is 0 Å². The molecule has 0 aliphatic heterocycles. The third-order valence-electron chi connectivity index (χ3n) is 2.22. The van der Waals surface area contributed by atoms with Gasteiger partial charge in [-0.1, -0.05) is 25.3 Å². The lowest BCUT2D eigenvalue weighted by Gasteiger charge is -2.00. The van der Waals surface area contributed by atoms with Gasteiger partial charge in [0.25, 0.3) is 0 Å². The monoisotopic (exact) mass is 335 g/mol. The van der Waals surface area contributed by atoms with Crippen molar-refractivity contribution in [2.75, 3.05) is 13.7 Å². The molecule has 130 valence electrons. The van der Waals surface area contributed by atoms with E-state index < -0.39 is 17.9 Å². The number of carbonyl (C=O) groups is 3. The van der Waals surface area contributed by atoms with E-state index in [1.165, 1.54) is 19.3 Å². The number of carboxylic acid groups (broad SMARTS) is 1. The maximum atomic E-state index is 10.9. The van der Waals surface area contributed by atoms with Crippen molar-refractivity contribution in [3.63, 3.8) is 0 Å². The zero-order valence-corrected chi connectivity index (χ0v) is 13.8. The second-order valence-electron chi connectivity index (χ2n) is 4.10. The topological polar surface area (TPSA) is 114 Å². The van der Waals surface area contributed by atoms with Crippen LogP contribution in [-0.2, 0) is 23.9 Å². The number of nitrogens with zero attached hydrogens (tertiary/aromatic N) is 1. The highest BCUT2D eigenvalue weighted by atomic mass is 16.5. The summed E-state index contributed by atoms with van der Waals surface area (Å²) < 4.78 is 9.03. The predicted octanol–water partition coefficient (Wildman–Crippen LogP) is 2.32. The Bertz CT molecular complexity index is 566. The van der Waals surface area contributed by atoms with Crippen LogP contribution in [-0.4, -0.2) is 36.7 Å². The minimum atomic E-state index is -1.05. The van der Waals surface area contributed by atoms with E-state index in [4.69, 9.17) is 10.4 Å². The minimum absolute atomic E-state index is 0.193. The molecule has 0 amide bonds. The lowest BCUT2D eigenvalue weighted by molar-refractivity contribution is -0.138. The summed E-state index contributed by atoms with van der Waals surface area (Å²) >= 11 is 0. The Morgan fingerprint density at radius 2 is 1.67 bits per heavy atom.